The third-order valence-corrected chi connectivity index (χ3v) is 5.64. The van der Waals surface area contributed by atoms with E-state index in [9.17, 15) is 28.8 Å². The monoisotopic (exact) mass is 598 g/mol. The van der Waals surface area contributed by atoms with Crippen molar-refractivity contribution in [1.82, 2.24) is 25.5 Å². The third-order valence-electron chi connectivity index (χ3n) is 5.64. The van der Waals surface area contributed by atoms with E-state index in [1.807, 2.05) is 12.1 Å². The summed E-state index contributed by atoms with van der Waals surface area (Å²) in [5.74, 6) is -5.76. The quantitative estimate of drug-likeness (QED) is 0.0492. The maximum atomic E-state index is 12.7. The Bertz CT molecular complexity index is 982. The van der Waals surface area contributed by atoms with Crippen LogP contribution in [0.2, 0.25) is 0 Å². The Morgan fingerprint density at radius 3 is 1.50 bits per heavy atom. The van der Waals surface area contributed by atoms with Gasteiger partial charge in [-0.25, -0.2) is 5.48 Å². The van der Waals surface area contributed by atoms with Crippen molar-refractivity contribution in [2.75, 3.05) is 72.1 Å². The fraction of sp³-hybridized carbons (Fsp3) is 0.520. The first-order valence-corrected chi connectivity index (χ1v) is 12.9. The van der Waals surface area contributed by atoms with Crippen molar-refractivity contribution in [3.63, 3.8) is 0 Å². The first-order valence-electron chi connectivity index (χ1n) is 12.9. The lowest BCUT2D eigenvalue weighted by atomic mass is 10.1. The minimum atomic E-state index is -1.23. The molecule has 0 aromatic heterocycles. The maximum absolute atomic E-state index is 12.7. The summed E-state index contributed by atoms with van der Waals surface area (Å²) in [5, 5.41) is 39.1. The number of nitrogens with one attached hydrogen (secondary N) is 2. The van der Waals surface area contributed by atoms with Gasteiger partial charge in [0, 0.05) is 32.7 Å². The van der Waals surface area contributed by atoms with Crippen molar-refractivity contribution in [3.8, 4) is 0 Å². The molecule has 0 atom stereocenters. The van der Waals surface area contributed by atoms with Crippen LogP contribution in [0, 0.1) is 0 Å². The van der Waals surface area contributed by atoms with Gasteiger partial charge in [-0.3, -0.25) is 48.3 Å². The molecule has 0 bridgehead atoms. The van der Waals surface area contributed by atoms with E-state index in [2.05, 4.69) is 10.8 Å². The minimum absolute atomic E-state index is 0.0230. The maximum Gasteiger partial charge on any atom is 0.317 e. The molecule has 8 N–H and O–H groups in total. The lowest BCUT2D eigenvalue weighted by Gasteiger charge is -2.28. The van der Waals surface area contributed by atoms with Crippen molar-refractivity contribution in [1.29, 1.82) is 0 Å². The summed E-state index contributed by atoms with van der Waals surface area (Å²) in [6.07, 6.45) is 0.522. The highest BCUT2D eigenvalue weighted by Gasteiger charge is 2.19. The van der Waals surface area contributed by atoms with E-state index in [-0.39, 0.29) is 52.4 Å². The number of hydroxylamine groups is 1. The van der Waals surface area contributed by atoms with Crippen molar-refractivity contribution in [2.45, 2.75) is 13.0 Å². The molecule has 0 spiro atoms. The Balaban J connectivity index is 2.76. The van der Waals surface area contributed by atoms with Crippen LogP contribution >= 0.6 is 0 Å². The van der Waals surface area contributed by atoms with E-state index in [1.165, 1.54) is 9.80 Å². The van der Waals surface area contributed by atoms with E-state index in [0.717, 1.165) is 11.1 Å². The average molecular weight is 599 g/mol. The lowest BCUT2D eigenvalue weighted by molar-refractivity contribution is -0.143. The number of benzene rings is 1. The second kappa shape index (κ2) is 19.8. The summed E-state index contributed by atoms with van der Waals surface area (Å²) < 4.78 is 0. The Morgan fingerprint density at radius 1 is 0.643 bits per heavy atom. The lowest BCUT2D eigenvalue weighted by Crippen LogP contribution is -2.47. The predicted octanol–water partition coefficient (Wildman–Crippen LogP) is -2.90. The van der Waals surface area contributed by atoms with Crippen LogP contribution in [-0.4, -0.2) is 143 Å². The fourth-order valence-corrected chi connectivity index (χ4v) is 3.65. The van der Waals surface area contributed by atoms with Gasteiger partial charge in [0.05, 0.1) is 45.9 Å². The number of amides is 2. The van der Waals surface area contributed by atoms with Gasteiger partial charge >= 0.3 is 23.9 Å². The zero-order valence-corrected chi connectivity index (χ0v) is 23.1. The van der Waals surface area contributed by atoms with Crippen molar-refractivity contribution in [3.05, 3.63) is 35.4 Å². The van der Waals surface area contributed by atoms with Crippen molar-refractivity contribution >= 4 is 35.7 Å². The number of rotatable bonds is 23. The van der Waals surface area contributed by atoms with Crippen LogP contribution in [0.15, 0.2) is 24.3 Å². The van der Waals surface area contributed by atoms with Gasteiger partial charge in [-0.15, -0.1) is 0 Å². The Morgan fingerprint density at radius 2 is 1.07 bits per heavy atom. The fourth-order valence-electron chi connectivity index (χ4n) is 3.65. The molecule has 2 amide bonds. The molecule has 0 fully saturated rings. The third kappa shape index (κ3) is 17.5. The number of nitrogens with two attached hydrogens (primary N) is 1. The molecule has 0 aliphatic rings. The molecule has 1 rings (SSSR count). The molecule has 1 aromatic carbocycles. The van der Waals surface area contributed by atoms with E-state index in [4.69, 9.17) is 31.0 Å². The molecule has 0 saturated heterocycles. The van der Waals surface area contributed by atoms with Gasteiger partial charge in [-0.2, -0.15) is 0 Å². The van der Waals surface area contributed by atoms with Crippen LogP contribution in [0.25, 0.3) is 0 Å². The highest BCUT2D eigenvalue weighted by molar-refractivity contribution is 5.78. The summed E-state index contributed by atoms with van der Waals surface area (Å²) in [7, 11) is 0. The summed E-state index contributed by atoms with van der Waals surface area (Å²) in [5.41, 5.74) is 9.09. The van der Waals surface area contributed by atoms with E-state index < -0.39 is 61.9 Å². The van der Waals surface area contributed by atoms with Gasteiger partial charge in [0.25, 0.3) is 5.91 Å². The van der Waals surface area contributed by atoms with Crippen LogP contribution in [0.5, 0.6) is 0 Å². The molecule has 1 aromatic rings. The molecule has 0 radical (unpaired) electrons. The molecule has 17 heteroatoms. The molecule has 234 valence electrons. The number of aliphatic carboxylic acids is 4. The molecule has 17 nitrogen and oxygen atoms in total. The molecular weight excluding hydrogens is 560 g/mol. The zero-order chi connectivity index (χ0) is 31.5. The van der Waals surface area contributed by atoms with Crippen LogP contribution < -0.4 is 16.5 Å². The van der Waals surface area contributed by atoms with Crippen LogP contribution in [0.1, 0.15) is 11.1 Å². The van der Waals surface area contributed by atoms with E-state index >= 15 is 0 Å². The zero-order valence-electron chi connectivity index (χ0n) is 23.1. The van der Waals surface area contributed by atoms with E-state index in [1.54, 1.807) is 17.0 Å². The van der Waals surface area contributed by atoms with Gasteiger partial charge < -0.3 is 31.5 Å². The Kier molecular flexibility index (Phi) is 16.9. The Hall–Kier alpha value is -4.16. The molecule has 0 aliphatic heterocycles. The summed E-state index contributed by atoms with van der Waals surface area (Å²) in [4.78, 5) is 77.2. The van der Waals surface area contributed by atoms with Gasteiger partial charge in [-0.05, 0) is 17.5 Å². The second-order valence-corrected chi connectivity index (χ2v) is 9.19. The normalized spacial score (nSPS) is 11.0. The number of hydrogen-bond donors (Lipinski definition) is 7. The molecule has 42 heavy (non-hydrogen) atoms. The largest absolute Gasteiger partial charge is 0.480 e. The standard InChI is InChI=1S/C25H38N6O11/c26-11-20(32)28-42-10-5-18-1-3-19(4-2-18)12-27-21(33)13-29(6-8-30(14-22(34)35)15-23(36)37)7-9-31(16-24(38)39)17-25(40)41/h1-4H,5-17,26H2,(H,27,33)(H,28,32)(H,34,35)(H,36,37)(H,38,39)(H,40,41). The van der Waals surface area contributed by atoms with Crippen LogP contribution in [0.4, 0.5) is 0 Å². The van der Waals surface area contributed by atoms with Gasteiger partial charge in [0.2, 0.25) is 5.91 Å². The Labute approximate surface area is 241 Å². The smallest absolute Gasteiger partial charge is 0.317 e. The highest BCUT2D eigenvalue weighted by Crippen LogP contribution is 2.05. The first-order chi connectivity index (χ1) is 19.9. The van der Waals surface area contributed by atoms with Gasteiger partial charge in [0.15, 0.2) is 0 Å². The van der Waals surface area contributed by atoms with Crippen molar-refractivity contribution in [2.24, 2.45) is 5.73 Å². The van der Waals surface area contributed by atoms with Gasteiger partial charge in [-0.1, -0.05) is 24.3 Å². The number of carboxylic acid groups (broad SMARTS) is 4. The van der Waals surface area contributed by atoms with Gasteiger partial charge in [0.1, 0.15) is 0 Å². The molecular formula is C25H38N6O11. The molecule has 0 saturated carbocycles. The van der Waals surface area contributed by atoms with Crippen LogP contribution in [-0.2, 0) is 46.6 Å². The number of hydrogen-bond acceptors (Lipinski definition) is 11. The number of carbonyl (C=O) groups excluding carboxylic acids is 2. The molecule has 0 aliphatic carbocycles. The predicted molar refractivity (Wildman–Crippen MR) is 145 cm³/mol. The topological polar surface area (TPSA) is 252 Å². The highest BCUT2D eigenvalue weighted by atomic mass is 16.6. The molecule has 0 unspecified atom stereocenters. The SMILES string of the molecule is NCC(=O)NOCCc1ccc(CNC(=O)CN(CCN(CC(=O)O)CC(=O)O)CCN(CC(=O)O)CC(=O)O)cc1. The molecule has 0 heterocycles. The average Bonchev–Trinajstić information content (AvgIpc) is 2.90. The summed E-state index contributed by atoms with van der Waals surface area (Å²) >= 11 is 0. The second-order valence-electron chi connectivity index (χ2n) is 9.19. The number of carboxylic acids is 4. The summed E-state index contributed by atoms with van der Waals surface area (Å²) in [6, 6.07) is 7.27. The first kappa shape index (κ1) is 35.9. The minimum Gasteiger partial charge on any atom is -0.480 e. The number of carbonyl (C=O) groups is 6. The van der Waals surface area contributed by atoms with E-state index in [0.29, 0.717) is 6.42 Å². The van der Waals surface area contributed by atoms with Crippen molar-refractivity contribution < 1.29 is 54.0 Å². The van der Waals surface area contributed by atoms with Crippen LogP contribution in [0.3, 0.4) is 0 Å². The summed E-state index contributed by atoms with van der Waals surface area (Å²) in [6.45, 7) is -2.03. The number of nitrogens with zero attached hydrogens (tertiary/aromatic N) is 3.